The topological polar surface area (TPSA) is 49.8 Å². The zero-order chi connectivity index (χ0) is 14.4. The van der Waals surface area contributed by atoms with Crippen molar-refractivity contribution in [1.29, 1.82) is 0 Å². The van der Waals surface area contributed by atoms with Gasteiger partial charge < -0.3 is 10.6 Å². The first-order valence-corrected chi connectivity index (χ1v) is 8.01. The van der Waals surface area contributed by atoms with Crippen LogP contribution < -0.4 is 10.6 Å². The van der Waals surface area contributed by atoms with Gasteiger partial charge in [0.2, 0.25) is 5.95 Å². The largest absolute Gasteiger partial charge is 0.369 e. The Morgan fingerprint density at radius 2 is 1.90 bits per heavy atom. The van der Waals surface area contributed by atoms with Gasteiger partial charge in [-0.3, -0.25) is 0 Å². The highest BCUT2D eigenvalue weighted by Crippen LogP contribution is 2.40. The molecule has 2 rings (SSSR count). The number of aromatic nitrogens is 2. The average Bonchev–Trinajstić information content (AvgIpc) is 2.92. The van der Waals surface area contributed by atoms with E-state index in [0.29, 0.717) is 5.41 Å². The summed E-state index contributed by atoms with van der Waals surface area (Å²) < 4.78 is 0. The van der Waals surface area contributed by atoms with E-state index in [1.165, 1.54) is 32.1 Å². The molecule has 0 spiro atoms. The van der Waals surface area contributed by atoms with Gasteiger partial charge in [0.05, 0.1) is 0 Å². The van der Waals surface area contributed by atoms with E-state index in [9.17, 15) is 0 Å². The van der Waals surface area contributed by atoms with Crippen LogP contribution in [0.15, 0.2) is 6.07 Å². The fourth-order valence-electron chi connectivity index (χ4n) is 3.03. The van der Waals surface area contributed by atoms with E-state index in [2.05, 4.69) is 34.4 Å². The first-order chi connectivity index (χ1) is 9.67. The molecule has 4 nitrogen and oxygen atoms in total. The SMILES string of the molecule is CCCNc1nc(C)cc(NCC2(CC)CCCC2)n1. The first-order valence-electron chi connectivity index (χ1n) is 8.01. The molecule has 0 bridgehead atoms. The van der Waals surface area contributed by atoms with Crippen molar-refractivity contribution in [1.82, 2.24) is 9.97 Å². The van der Waals surface area contributed by atoms with E-state index in [-0.39, 0.29) is 0 Å². The molecule has 1 fully saturated rings. The number of hydrogen-bond acceptors (Lipinski definition) is 4. The molecule has 20 heavy (non-hydrogen) atoms. The minimum Gasteiger partial charge on any atom is -0.369 e. The van der Waals surface area contributed by atoms with Crippen molar-refractivity contribution in [2.75, 3.05) is 23.7 Å². The van der Waals surface area contributed by atoms with Crippen LogP contribution in [0.1, 0.15) is 58.1 Å². The van der Waals surface area contributed by atoms with Crippen molar-refractivity contribution in [3.05, 3.63) is 11.8 Å². The number of aryl methyl sites for hydroxylation is 1. The number of rotatable bonds is 7. The molecule has 0 amide bonds. The maximum absolute atomic E-state index is 4.56. The molecule has 2 N–H and O–H groups in total. The Bertz CT molecular complexity index is 424. The number of nitrogens with zero attached hydrogens (tertiary/aromatic N) is 2. The van der Waals surface area contributed by atoms with Gasteiger partial charge in [-0.05, 0) is 38.0 Å². The summed E-state index contributed by atoms with van der Waals surface area (Å²) in [5, 5.41) is 6.81. The standard InChI is InChI=1S/C16H28N4/c1-4-10-17-15-19-13(3)11-14(20-15)18-12-16(5-2)8-6-7-9-16/h11H,4-10,12H2,1-3H3,(H2,17,18,19,20). The van der Waals surface area contributed by atoms with Gasteiger partial charge in [0.15, 0.2) is 0 Å². The van der Waals surface area contributed by atoms with Crippen LogP contribution in [0.2, 0.25) is 0 Å². The quantitative estimate of drug-likeness (QED) is 0.790. The molecule has 112 valence electrons. The fraction of sp³-hybridized carbons (Fsp3) is 0.750. The molecule has 0 radical (unpaired) electrons. The summed E-state index contributed by atoms with van der Waals surface area (Å²) in [5.74, 6) is 1.70. The summed E-state index contributed by atoms with van der Waals surface area (Å²) in [5.41, 5.74) is 1.49. The minimum atomic E-state index is 0.482. The molecular formula is C16H28N4. The van der Waals surface area contributed by atoms with Crippen LogP contribution in [0.3, 0.4) is 0 Å². The Balaban J connectivity index is 1.99. The van der Waals surface area contributed by atoms with E-state index in [0.717, 1.165) is 37.0 Å². The molecule has 0 aliphatic heterocycles. The van der Waals surface area contributed by atoms with Crippen molar-refractivity contribution in [2.24, 2.45) is 5.41 Å². The predicted molar refractivity (Wildman–Crippen MR) is 85.2 cm³/mol. The van der Waals surface area contributed by atoms with E-state index in [1.807, 2.05) is 13.0 Å². The van der Waals surface area contributed by atoms with Gasteiger partial charge in [-0.25, -0.2) is 4.98 Å². The zero-order valence-electron chi connectivity index (χ0n) is 13.1. The number of nitrogens with one attached hydrogen (secondary N) is 2. The molecule has 1 aliphatic rings. The lowest BCUT2D eigenvalue weighted by Gasteiger charge is -2.28. The highest BCUT2D eigenvalue weighted by atomic mass is 15.1. The minimum absolute atomic E-state index is 0.482. The molecule has 1 heterocycles. The lowest BCUT2D eigenvalue weighted by molar-refractivity contribution is 0.306. The second-order valence-corrected chi connectivity index (χ2v) is 6.06. The molecule has 0 aromatic carbocycles. The van der Waals surface area contributed by atoms with Gasteiger partial charge in [0, 0.05) is 24.8 Å². The summed E-state index contributed by atoms with van der Waals surface area (Å²) in [6.45, 7) is 8.43. The molecule has 1 aromatic heterocycles. The van der Waals surface area contributed by atoms with E-state index in [4.69, 9.17) is 0 Å². The van der Waals surface area contributed by atoms with E-state index < -0.39 is 0 Å². The lowest BCUT2D eigenvalue weighted by Crippen LogP contribution is -2.26. The van der Waals surface area contributed by atoms with Crippen LogP contribution in [0.25, 0.3) is 0 Å². The van der Waals surface area contributed by atoms with Crippen molar-refractivity contribution in [3.63, 3.8) is 0 Å². The monoisotopic (exact) mass is 276 g/mol. The maximum Gasteiger partial charge on any atom is 0.224 e. The van der Waals surface area contributed by atoms with Crippen LogP contribution in [0, 0.1) is 12.3 Å². The molecule has 1 aliphatic carbocycles. The van der Waals surface area contributed by atoms with Gasteiger partial charge in [0.1, 0.15) is 5.82 Å². The molecule has 1 saturated carbocycles. The Morgan fingerprint density at radius 3 is 2.55 bits per heavy atom. The normalized spacial score (nSPS) is 17.1. The summed E-state index contributed by atoms with van der Waals surface area (Å²) in [4.78, 5) is 8.99. The smallest absolute Gasteiger partial charge is 0.224 e. The Hall–Kier alpha value is -1.32. The van der Waals surface area contributed by atoms with Crippen molar-refractivity contribution >= 4 is 11.8 Å². The third-order valence-corrected chi connectivity index (χ3v) is 4.45. The van der Waals surface area contributed by atoms with Gasteiger partial charge in [-0.15, -0.1) is 0 Å². The number of anilines is 2. The second-order valence-electron chi connectivity index (χ2n) is 6.06. The van der Waals surface area contributed by atoms with E-state index in [1.54, 1.807) is 0 Å². The molecule has 0 saturated heterocycles. The highest BCUT2D eigenvalue weighted by molar-refractivity contribution is 5.42. The van der Waals surface area contributed by atoms with Crippen LogP contribution >= 0.6 is 0 Å². The molecule has 0 unspecified atom stereocenters. The van der Waals surface area contributed by atoms with Crippen LogP contribution in [0.4, 0.5) is 11.8 Å². The van der Waals surface area contributed by atoms with Crippen molar-refractivity contribution in [3.8, 4) is 0 Å². The third-order valence-electron chi connectivity index (χ3n) is 4.45. The summed E-state index contributed by atoms with van der Waals surface area (Å²) in [7, 11) is 0. The van der Waals surface area contributed by atoms with Gasteiger partial charge in [0.25, 0.3) is 0 Å². The van der Waals surface area contributed by atoms with Gasteiger partial charge in [-0.2, -0.15) is 4.98 Å². The van der Waals surface area contributed by atoms with Gasteiger partial charge in [-0.1, -0.05) is 26.7 Å². The molecule has 0 atom stereocenters. The summed E-state index contributed by atoms with van der Waals surface area (Å²) >= 11 is 0. The molecule has 1 aromatic rings. The van der Waals surface area contributed by atoms with E-state index >= 15 is 0 Å². The highest BCUT2D eigenvalue weighted by Gasteiger charge is 2.31. The maximum atomic E-state index is 4.56. The molecule has 4 heteroatoms. The van der Waals surface area contributed by atoms with Crippen molar-refractivity contribution < 1.29 is 0 Å². The molecular weight excluding hydrogens is 248 g/mol. The Morgan fingerprint density at radius 1 is 1.15 bits per heavy atom. The number of hydrogen-bond donors (Lipinski definition) is 2. The fourth-order valence-corrected chi connectivity index (χ4v) is 3.03. The second kappa shape index (κ2) is 6.91. The van der Waals surface area contributed by atoms with Crippen LogP contribution in [-0.2, 0) is 0 Å². The summed E-state index contributed by atoms with van der Waals surface area (Å²) in [6, 6.07) is 2.04. The van der Waals surface area contributed by atoms with Crippen LogP contribution in [0.5, 0.6) is 0 Å². The van der Waals surface area contributed by atoms with Crippen molar-refractivity contribution in [2.45, 2.75) is 59.3 Å². The first kappa shape index (κ1) is 15.1. The third kappa shape index (κ3) is 3.84. The Labute approximate surface area is 122 Å². The summed E-state index contributed by atoms with van der Waals surface area (Å²) in [6.07, 6.45) is 7.79. The average molecular weight is 276 g/mol. The predicted octanol–water partition coefficient (Wildman–Crippen LogP) is 3.99. The Kier molecular flexibility index (Phi) is 5.21. The lowest BCUT2D eigenvalue weighted by atomic mass is 9.83. The van der Waals surface area contributed by atoms with Gasteiger partial charge >= 0.3 is 0 Å². The zero-order valence-corrected chi connectivity index (χ0v) is 13.1. The van der Waals surface area contributed by atoms with Crippen LogP contribution in [-0.4, -0.2) is 23.1 Å².